The number of carboxylic acids is 1. The fourth-order valence-corrected chi connectivity index (χ4v) is 3.43. The SMILES string of the molecule is Cc1nc(CNC(=O)C(C)c2c(C)nn(C)c2C)sc1C(=O)O. The van der Waals surface area contributed by atoms with Gasteiger partial charge < -0.3 is 10.4 Å². The van der Waals surface area contributed by atoms with Crippen LogP contribution in [0, 0.1) is 20.8 Å². The minimum absolute atomic E-state index is 0.131. The molecule has 0 fully saturated rings. The Morgan fingerprint density at radius 1 is 1.30 bits per heavy atom. The molecule has 1 unspecified atom stereocenters. The van der Waals surface area contributed by atoms with Crippen LogP contribution in [0.4, 0.5) is 0 Å². The summed E-state index contributed by atoms with van der Waals surface area (Å²) in [5.74, 6) is -1.45. The summed E-state index contributed by atoms with van der Waals surface area (Å²) in [6.07, 6.45) is 0. The van der Waals surface area contributed by atoms with Crippen LogP contribution >= 0.6 is 11.3 Å². The van der Waals surface area contributed by atoms with Gasteiger partial charge >= 0.3 is 5.97 Å². The van der Waals surface area contributed by atoms with E-state index in [1.165, 1.54) is 0 Å². The second-order valence-electron chi connectivity index (χ2n) is 5.47. The van der Waals surface area contributed by atoms with Crippen molar-refractivity contribution in [2.45, 2.75) is 40.2 Å². The molecule has 0 aliphatic heterocycles. The van der Waals surface area contributed by atoms with E-state index < -0.39 is 5.97 Å². The van der Waals surface area contributed by atoms with Gasteiger partial charge in [-0.25, -0.2) is 9.78 Å². The lowest BCUT2D eigenvalue weighted by Crippen LogP contribution is -2.28. The van der Waals surface area contributed by atoms with E-state index in [2.05, 4.69) is 15.4 Å². The maximum Gasteiger partial charge on any atom is 0.347 e. The number of aromatic carboxylic acids is 1. The third kappa shape index (κ3) is 3.42. The Kier molecular flexibility index (Phi) is 4.84. The molecule has 0 aromatic carbocycles. The van der Waals surface area contributed by atoms with Gasteiger partial charge in [0.25, 0.3) is 0 Å². The van der Waals surface area contributed by atoms with Crippen LogP contribution in [0.15, 0.2) is 0 Å². The van der Waals surface area contributed by atoms with Crippen LogP contribution in [-0.4, -0.2) is 31.7 Å². The molecule has 2 rings (SSSR count). The molecular formula is C15H20N4O3S. The first-order valence-corrected chi connectivity index (χ1v) is 8.01. The second-order valence-corrected chi connectivity index (χ2v) is 6.56. The maximum atomic E-state index is 12.4. The van der Waals surface area contributed by atoms with Gasteiger partial charge in [-0.1, -0.05) is 0 Å². The second kappa shape index (κ2) is 6.49. The van der Waals surface area contributed by atoms with Crippen molar-refractivity contribution >= 4 is 23.2 Å². The molecule has 2 aromatic rings. The molecule has 1 atom stereocenters. The minimum Gasteiger partial charge on any atom is -0.477 e. The molecule has 0 radical (unpaired) electrons. The van der Waals surface area contributed by atoms with Crippen molar-refractivity contribution in [1.82, 2.24) is 20.1 Å². The van der Waals surface area contributed by atoms with Crippen molar-refractivity contribution in [3.05, 3.63) is 32.5 Å². The van der Waals surface area contributed by atoms with Crippen LogP contribution in [0.1, 0.15) is 50.2 Å². The van der Waals surface area contributed by atoms with Gasteiger partial charge in [-0.05, 0) is 27.7 Å². The number of amides is 1. The van der Waals surface area contributed by atoms with E-state index in [0.29, 0.717) is 10.7 Å². The van der Waals surface area contributed by atoms with Crippen molar-refractivity contribution in [3.63, 3.8) is 0 Å². The Bertz CT molecular complexity index is 763. The lowest BCUT2D eigenvalue weighted by molar-refractivity contribution is -0.122. The van der Waals surface area contributed by atoms with Crippen LogP contribution in [0.25, 0.3) is 0 Å². The van der Waals surface area contributed by atoms with Crippen LogP contribution in [0.3, 0.4) is 0 Å². The van der Waals surface area contributed by atoms with Crippen molar-refractivity contribution in [3.8, 4) is 0 Å². The van der Waals surface area contributed by atoms with Gasteiger partial charge in [0.1, 0.15) is 9.88 Å². The Balaban J connectivity index is 2.07. The molecule has 0 spiro atoms. The number of hydrogen-bond acceptors (Lipinski definition) is 5. The Morgan fingerprint density at radius 3 is 2.43 bits per heavy atom. The Morgan fingerprint density at radius 2 is 1.96 bits per heavy atom. The van der Waals surface area contributed by atoms with Gasteiger partial charge in [0.15, 0.2) is 0 Å². The normalized spacial score (nSPS) is 12.2. The first-order chi connectivity index (χ1) is 10.7. The van der Waals surface area contributed by atoms with E-state index in [0.717, 1.165) is 28.3 Å². The molecule has 8 heteroatoms. The van der Waals surface area contributed by atoms with E-state index in [1.807, 2.05) is 27.8 Å². The summed E-state index contributed by atoms with van der Waals surface area (Å²) in [7, 11) is 1.85. The molecule has 2 aromatic heterocycles. The predicted molar refractivity (Wildman–Crippen MR) is 86.8 cm³/mol. The van der Waals surface area contributed by atoms with Crippen LogP contribution in [-0.2, 0) is 18.4 Å². The molecule has 7 nitrogen and oxygen atoms in total. The van der Waals surface area contributed by atoms with Crippen molar-refractivity contribution < 1.29 is 14.7 Å². The highest BCUT2D eigenvalue weighted by Crippen LogP contribution is 2.23. The zero-order valence-electron chi connectivity index (χ0n) is 13.8. The van der Waals surface area contributed by atoms with Crippen LogP contribution in [0.5, 0.6) is 0 Å². The summed E-state index contributed by atoms with van der Waals surface area (Å²) in [6.45, 7) is 7.52. The molecule has 0 saturated carbocycles. The first kappa shape index (κ1) is 17.1. The molecule has 2 N–H and O–H groups in total. The third-order valence-electron chi connectivity index (χ3n) is 3.84. The molecule has 0 aliphatic rings. The molecular weight excluding hydrogens is 316 g/mol. The van der Waals surface area contributed by atoms with E-state index in [1.54, 1.807) is 11.6 Å². The fourth-order valence-electron chi connectivity index (χ4n) is 2.59. The van der Waals surface area contributed by atoms with E-state index >= 15 is 0 Å². The number of rotatable bonds is 5. The highest BCUT2D eigenvalue weighted by molar-refractivity contribution is 7.13. The van der Waals surface area contributed by atoms with Gasteiger partial charge in [0, 0.05) is 18.3 Å². The van der Waals surface area contributed by atoms with Gasteiger partial charge in [-0.2, -0.15) is 5.10 Å². The lowest BCUT2D eigenvalue weighted by atomic mass is 9.98. The van der Waals surface area contributed by atoms with Crippen molar-refractivity contribution in [2.75, 3.05) is 0 Å². The Hall–Kier alpha value is -2.22. The summed E-state index contributed by atoms with van der Waals surface area (Å²) in [6, 6.07) is 0. The van der Waals surface area contributed by atoms with Crippen LogP contribution < -0.4 is 5.32 Å². The predicted octanol–water partition coefficient (Wildman–Crippen LogP) is 1.92. The smallest absolute Gasteiger partial charge is 0.347 e. The molecule has 124 valence electrons. The standard InChI is InChI=1S/C15H20N4O3S/c1-7(12-8(2)18-19(5)10(12)4)14(20)16-6-11-17-9(3)13(23-11)15(21)22/h7H,6H2,1-5H3,(H,16,20)(H,21,22). The lowest BCUT2D eigenvalue weighted by Gasteiger charge is -2.12. The fraction of sp³-hybridized carbons (Fsp3) is 0.467. The number of nitrogens with one attached hydrogen (secondary N) is 1. The zero-order valence-corrected chi connectivity index (χ0v) is 14.6. The van der Waals surface area contributed by atoms with Crippen molar-refractivity contribution in [2.24, 2.45) is 7.05 Å². The monoisotopic (exact) mass is 336 g/mol. The molecule has 1 amide bonds. The number of hydrogen-bond donors (Lipinski definition) is 2. The first-order valence-electron chi connectivity index (χ1n) is 7.19. The summed E-state index contributed by atoms with van der Waals surface area (Å²) < 4.78 is 1.76. The highest BCUT2D eigenvalue weighted by Gasteiger charge is 2.23. The molecule has 2 heterocycles. The third-order valence-corrected chi connectivity index (χ3v) is 4.99. The number of carbonyl (C=O) groups excluding carboxylic acids is 1. The molecule has 0 bridgehead atoms. The number of aryl methyl sites for hydroxylation is 3. The average molecular weight is 336 g/mol. The summed E-state index contributed by atoms with van der Waals surface area (Å²) in [4.78, 5) is 27.8. The molecule has 0 saturated heterocycles. The van der Waals surface area contributed by atoms with Crippen molar-refractivity contribution in [1.29, 1.82) is 0 Å². The Labute approximate surface area is 138 Å². The quantitative estimate of drug-likeness (QED) is 0.869. The van der Waals surface area contributed by atoms with E-state index in [-0.39, 0.29) is 23.2 Å². The van der Waals surface area contributed by atoms with Gasteiger partial charge in [-0.3, -0.25) is 9.48 Å². The number of carboxylic acid groups (broad SMARTS) is 1. The van der Waals surface area contributed by atoms with Gasteiger partial charge in [0.05, 0.1) is 23.9 Å². The van der Waals surface area contributed by atoms with Gasteiger partial charge in [0.2, 0.25) is 5.91 Å². The zero-order chi connectivity index (χ0) is 17.3. The largest absolute Gasteiger partial charge is 0.477 e. The van der Waals surface area contributed by atoms with E-state index in [9.17, 15) is 9.59 Å². The molecule has 23 heavy (non-hydrogen) atoms. The topological polar surface area (TPSA) is 97.1 Å². The summed E-state index contributed by atoms with van der Waals surface area (Å²) in [5, 5.41) is 16.8. The number of aromatic nitrogens is 3. The average Bonchev–Trinajstić information content (AvgIpc) is 2.96. The number of nitrogens with zero attached hydrogens (tertiary/aromatic N) is 3. The van der Waals surface area contributed by atoms with E-state index in [4.69, 9.17) is 5.11 Å². The molecule has 0 aliphatic carbocycles. The number of thiazole rings is 1. The summed E-state index contributed by atoms with van der Waals surface area (Å²) >= 11 is 1.09. The van der Waals surface area contributed by atoms with Gasteiger partial charge in [-0.15, -0.1) is 11.3 Å². The summed E-state index contributed by atoms with van der Waals surface area (Å²) in [5.41, 5.74) is 3.19. The minimum atomic E-state index is -0.993. The highest BCUT2D eigenvalue weighted by atomic mass is 32.1. The number of carbonyl (C=O) groups is 2. The maximum absolute atomic E-state index is 12.4. The van der Waals surface area contributed by atoms with Crippen LogP contribution in [0.2, 0.25) is 0 Å².